The maximum absolute atomic E-state index is 11.7. The van der Waals surface area contributed by atoms with Crippen molar-refractivity contribution in [2.45, 2.75) is 52.9 Å². The summed E-state index contributed by atoms with van der Waals surface area (Å²) in [5, 5.41) is 9.96. The molecule has 0 aliphatic heterocycles. The van der Waals surface area contributed by atoms with Gasteiger partial charge in [0.05, 0.1) is 0 Å². The fraction of sp³-hybridized carbons (Fsp3) is 0.750. The Labute approximate surface area is 86.0 Å². The molecule has 1 N–H and O–H groups in total. The average Bonchev–Trinajstić information content (AvgIpc) is 2.27. The number of allylic oxidation sites excluding steroid dienone is 2. The minimum atomic E-state index is -0.296. The summed E-state index contributed by atoms with van der Waals surface area (Å²) >= 11 is 0. The van der Waals surface area contributed by atoms with Crippen LogP contribution in [0.1, 0.15) is 52.9 Å². The highest BCUT2D eigenvalue weighted by Crippen LogP contribution is 2.30. The number of aliphatic hydroxyl groups is 1. The van der Waals surface area contributed by atoms with E-state index in [-0.39, 0.29) is 11.2 Å². The van der Waals surface area contributed by atoms with Crippen LogP contribution in [0.2, 0.25) is 0 Å². The molecular weight excluding hydrogens is 176 g/mol. The van der Waals surface area contributed by atoms with Gasteiger partial charge in [-0.1, -0.05) is 27.2 Å². The molecule has 0 spiro atoms. The molecule has 0 bridgehead atoms. The zero-order chi connectivity index (χ0) is 10.8. The first-order valence-corrected chi connectivity index (χ1v) is 5.38. The number of ketones is 1. The zero-order valence-electron chi connectivity index (χ0n) is 9.39. The fourth-order valence-corrected chi connectivity index (χ4v) is 1.76. The molecule has 1 rings (SSSR count). The lowest BCUT2D eigenvalue weighted by Gasteiger charge is -2.20. The first-order chi connectivity index (χ1) is 6.43. The summed E-state index contributed by atoms with van der Waals surface area (Å²) in [4.78, 5) is 11.7. The molecule has 0 unspecified atom stereocenters. The second-order valence-electron chi connectivity index (χ2n) is 5.06. The van der Waals surface area contributed by atoms with E-state index < -0.39 is 0 Å². The van der Waals surface area contributed by atoms with Crippen LogP contribution in [0.5, 0.6) is 0 Å². The summed E-state index contributed by atoms with van der Waals surface area (Å²) in [5.74, 6) is 0.444. The summed E-state index contributed by atoms with van der Waals surface area (Å²) < 4.78 is 0. The van der Waals surface area contributed by atoms with Crippen LogP contribution in [-0.4, -0.2) is 10.9 Å². The van der Waals surface area contributed by atoms with Crippen molar-refractivity contribution in [3.63, 3.8) is 0 Å². The van der Waals surface area contributed by atoms with Crippen LogP contribution in [0.15, 0.2) is 11.3 Å². The molecule has 1 aliphatic rings. The molecule has 0 amide bonds. The normalized spacial score (nSPS) is 23.2. The van der Waals surface area contributed by atoms with E-state index in [2.05, 4.69) is 0 Å². The minimum Gasteiger partial charge on any atom is -0.511 e. The first-order valence-electron chi connectivity index (χ1n) is 5.38. The van der Waals surface area contributed by atoms with Crippen LogP contribution in [0, 0.1) is 5.41 Å². The Kier molecular flexibility index (Phi) is 3.35. The fourth-order valence-electron chi connectivity index (χ4n) is 1.76. The topological polar surface area (TPSA) is 37.3 Å². The monoisotopic (exact) mass is 196 g/mol. The van der Waals surface area contributed by atoms with Crippen LogP contribution >= 0.6 is 0 Å². The van der Waals surface area contributed by atoms with Crippen molar-refractivity contribution >= 4 is 5.78 Å². The predicted octanol–water partition coefficient (Wildman–Crippen LogP) is 3.38. The molecule has 0 radical (unpaired) electrons. The van der Waals surface area contributed by atoms with Gasteiger partial charge in [-0.2, -0.15) is 0 Å². The van der Waals surface area contributed by atoms with Gasteiger partial charge in [0.25, 0.3) is 0 Å². The second-order valence-corrected chi connectivity index (χ2v) is 5.06. The van der Waals surface area contributed by atoms with E-state index in [4.69, 9.17) is 0 Å². The van der Waals surface area contributed by atoms with E-state index >= 15 is 0 Å². The van der Waals surface area contributed by atoms with E-state index in [0.717, 1.165) is 25.7 Å². The molecule has 0 heterocycles. The van der Waals surface area contributed by atoms with Crippen LogP contribution in [-0.2, 0) is 4.79 Å². The molecule has 2 heteroatoms. The summed E-state index contributed by atoms with van der Waals surface area (Å²) in [6.07, 6.45) is 4.46. The largest absolute Gasteiger partial charge is 0.511 e. The van der Waals surface area contributed by atoms with Crippen molar-refractivity contribution in [3.8, 4) is 0 Å². The standard InChI is InChI=1S/C12H20O2/c1-12(2,3)11(14)9-7-5-4-6-8-10(9)13/h14H,4-8H2,1-3H3. The maximum Gasteiger partial charge on any atom is 0.162 e. The summed E-state index contributed by atoms with van der Waals surface area (Å²) in [6.45, 7) is 5.81. The van der Waals surface area contributed by atoms with Gasteiger partial charge in [0.1, 0.15) is 5.76 Å². The number of rotatable bonds is 0. The van der Waals surface area contributed by atoms with Gasteiger partial charge in [0.2, 0.25) is 0 Å². The van der Waals surface area contributed by atoms with Crippen molar-refractivity contribution in [1.29, 1.82) is 0 Å². The summed E-state index contributed by atoms with van der Waals surface area (Å²) in [6, 6.07) is 0. The maximum atomic E-state index is 11.7. The third kappa shape index (κ3) is 2.60. The van der Waals surface area contributed by atoms with E-state index in [1.807, 2.05) is 20.8 Å². The molecule has 1 aliphatic carbocycles. The number of carbonyl (C=O) groups is 1. The molecule has 0 saturated heterocycles. The third-order valence-electron chi connectivity index (χ3n) is 2.66. The van der Waals surface area contributed by atoms with E-state index in [9.17, 15) is 9.90 Å². The van der Waals surface area contributed by atoms with Gasteiger partial charge < -0.3 is 5.11 Å². The zero-order valence-corrected chi connectivity index (χ0v) is 9.39. The van der Waals surface area contributed by atoms with E-state index in [0.29, 0.717) is 17.8 Å². The number of Topliss-reactive ketones (excluding diaryl/α,β-unsaturated/α-hetero) is 1. The van der Waals surface area contributed by atoms with Gasteiger partial charge in [-0.25, -0.2) is 0 Å². The quantitative estimate of drug-likeness (QED) is 0.366. The number of hydrogen-bond donors (Lipinski definition) is 1. The molecular formula is C12H20O2. The lowest BCUT2D eigenvalue weighted by atomic mass is 9.88. The Bertz CT molecular complexity index is 256. The Hall–Kier alpha value is -0.790. The highest BCUT2D eigenvalue weighted by Gasteiger charge is 2.25. The Morgan fingerprint density at radius 1 is 1.14 bits per heavy atom. The predicted molar refractivity (Wildman–Crippen MR) is 57.2 cm³/mol. The number of carbonyl (C=O) groups excluding carboxylic acids is 1. The smallest absolute Gasteiger partial charge is 0.162 e. The van der Waals surface area contributed by atoms with Crippen LogP contribution in [0.25, 0.3) is 0 Å². The summed E-state index contributed by atoms with van der Waals surface area (Å²) in [7, 11) is 0. The van der Waals surface area contributed by atoms with Crippen molar-refractivity contribution in [2.75, 3.05) is 0 Å². The van der Waals surface area contributed by atoms with Gasteiger partial charge >= 0.3 is 0 Å². The molecule has 1 fully saturated rings. The summed E-state index contributed by atoms with van der Waals surface area (Å²) in [5.41, 5.74) is 0.380. The number of hydrogen-bond acceptors (Lipinski definition) is 2. The molecule has 0 aromatic carbocycles. The van der Waals surface area contributed by atoms with Gasteiger partial charge in [-0.15, -0.1) is 0 Å². The van der Waals surface area contributed by atoms with Crippen molar-refractivity contribution in [2.24, 2.45) is 5.41 Å². The van der Waals surface area contributed by atoms with Crippen molar-refractivity contribution in [3.05, 3.63) is 11.3 Å². The Balaban J connectivity index is 2.97. The van der Waals surface area contributed by atoms with Crippen LogP contribution in [0.3, 0.4) is 0 Å². The molecule has 0 aromatic heterocycles. The average molecular weight is 196 g/mol. The van der Waals surface area contributed by atoms with Gasteiger partial charge in [-0.05, 0) is 19.3 Å². The van der Waals surface area contributed by atoms with Gasteiger partial charge in [0.15, 0.2) is 5.78 Å². The lowest BCUT2D eigenvalue weighted by molar-refractivity contribution is -0.115. The van der Waals surface area contributed by atoms with Crippen LogP contribution in [0.4, 0.5) is 0 Å². The molecule has 14 heavy (non-hydrogen) atoms. The van der Waals surface area contributed by atoms with Gasteiger partial charge in [-0.3, -0.25) is 4.79 Å². The van der Waals surface area contributed by atoms with Gasteiger partial charge in [0, 0.05) is 17.4 Å². The Morgan fingerprint density at radius 3 is 2.29 bits per heavy atom. The lowest BCUT2D eigenvalue weighted by Crippen LogP contribution is -2.15. The highest BCUT2D eigenvalue weighted by atomic mass is 16.3. The van der Waals surface area contributed by atoms with Crippen molar-refractivity contribution < 1.29 is 9.90 Å². The SMILES string of the molecule is CC(C)(C)C(O)=C1CCCCCC1=O. The van der Waals surface area contributed by atoms with E-state index in [1.165, 1.54) is 0 Å². The van der Waals surface area contributed by atoms with Crippen molar-refractivity contribution in [1.82, 2.24) is 0 Å². The molecule has 1 saturated carbocycles. The molecule has 80 valence electrons. The minimum absolute atomic E-state index is 0.148. The highest BCUT2D eigenvalue weighted by molar-refractivity contribution is 5.96. The first kappa shape index (κ1) is 11.3. The third-order valence-corrected chi connectivity index (χ3v) is 2.66. The second kappa shape index (κ2) is 4.16. The van der Waals surface area contributed by atoms with E-state index in [1.54, 1.807) is 0 Å². The van der Waals surface area contributed by atoms with Crippen LogP contribution < -0.4 is 0 Å². The molecule has 2 nitrogen and oxygen atoms in total. The number of aliphatic hydroxyl groups excluding tert-OH is 1. The molecule has 0 aromatic rings. The molecule has 0 atom stereocenters. The Morgan fingerprint density at radius 2 is 1.71 bits per heavy atom.